The second-order valence-corrected chi connectivity index (χ2v) is 6.94. The number of H-pyrrole nitrogens is 1. The van der Waals surface area contributed by atoms with E-state index in [2.05, 4.69) is 15.3 Å². The summed E-state index contributed by atoms with van der Waals surface area (Å²) in [7, 11) is 0. The SMILES string of the molecule is Cc1ccc2nc(CNC(=O)CN3C(=O)CCCc4ccccc43)[nH]c2c1. The zero-order chi connectivity index (χ0) is 18.8. The molecule has 0 saturated heterocycles. The van der Waals surface area contributed by atoms with E-state index in [0.29, 0.717) is 18.8 Å². The lowest BCUT2D eigenvalue weighted by Crippen LogP contribution is -2.40. The minimum atomic E-state index is -0.198. The van der Waals surface area contributed by atoms with E-state index in [1.54, 1.807) is 4.90 Å². The van der Waals surface area contributed by atoms with Gasteiger partial charge < -0.3 is 15.2 Å². The van der Waals surface area contributed by atoms with E-state index in [4.69, 9.17) is 0 Å². The smallest absolute Gasteiger partial charge is 0.240 e. The van der Waals surface area contributed by atoms with Gasteiger partial charge in [0.1, 0.15) is 12.4 Å². The summed E-state index contributed by atoms with van der Waals surface area (Å²) in [5, 5.41) is 2.87. The zero-order valence-corrected chi connectivity index (χ0v) is 15.3. The number of aromatic amines is 1. The molecule has 6 heteroatoms. The monoisotopic (exact) mass is 362 g/mol. The number of aryl methyl sites for hydroxylation is 2. The maximum absolute atomic E-state index is 12.5. The summed E-state index contributed by atoms with van der Waals surface area (Å²) in [6, 6.07) is 13.8. The molecule has 1 aliphatic heterocycles. The highest BCUT2D eigenvalue weighted by molar-refractivity contribution is 5.99. The van der Waals surface area contributed by atoms with Crippen LogP contribution in [-0.2, 0) is 22.6 Å². The van der Waals surface area contributed by atoms with Crippen molar-refractivity contribution in [1.29, 1.82) is 0 Å². The van der Waals surface area contributed by atoms with Gasteiger partial charge in [0, 0.05) is 12.1 Å². The summed E-state index contributed by atoms with van der Waals surface area (Å²) in [6.07, 6.45) is 2.13. The van der Waals surface area contributed by atoms with Crippen LogP contribution in [0.5, 0.6) is 0 Å². The molecular formula is C21H22N4O2. The number of nitrogens with one attached hydrogen (secondary N) is 2. The molecule has 0 aliphatic carbocycles. The molecule has 0 unspecified atom stereocenters. The minimum Gasteiger partial charge on any atom is -0.347 e. The van der Waals surface area contributed by atoms with Crippen molar-refractivity contribution in [2.45, 2.75) is 32.7 Å². The first-order valence-corrected chi connectivity index (χ1v) is 9.20. The van der Waals surface area contributed by atoms with E-state index in [9.17, 15) is 9.59 Å². The zero-order valence-electron chi connectivity index (χ0n) is 15.3. The lowest BCUT2D eigenvalue weighted by atomic mass is 10.1. The number of fused-ring (bicyclic) bond motifs is 2. The van der Waals surface area contributed by atoms with Crippen LogP contribution in [0.2, 0.25) is 0 Å². The van der Waals surface area contributed by atoms with Crippen molar-refractivity contribution in [3.63, 3.8) is 0 Å². The number of hydrogen-bond acceptors (Lipinski definition) is 3. The lowest BCUT2D eigenvalue weighted by molar-refractivity contribution is -0.124. The first-order chi connectivity index (χ1) is 13.1. The Labute approximate surface area is 157 Å². The van der Waals surface area contributed by atoms with Crippen LogP contribution in [0.25, 0.3) is 11.0 Å². The summed E-state index contributed by atoms with van der Waals surface area (Å²) < 4.78 is 0. The van der Waals surface area contributed by atoms with E-state index in [1.807, 2.05) is 49.4 Å². The topological polar surface area (TPSA) is 78.1 Å². The van der Waals surface area contributed by atoms with Crippen molar-refractivity contribution < 1.29 is 9.59 Å². The van der Waals surface area contributed by atoms with Gasteiger partial charge in [-0.05, 0) is 49.1 Å². The van der Waals surface area contributed by atoms with Crippen LogP contribution in [-0.4, -0.2) is 28.3 Å². The van der Waals surface area contributed by atoms with Gasteiger partial charge in [-0.25, -0.2) is 4.98 Å². The van der Waals surface area contributed by atoms with Crippen molar-refractivity contribution in [2.24, 2.45) is 0 Å². The molecule has 2 amide bonds. The molecule has 4 rings (SSSR count). The summed E-state index contributed by atoms with van der Waals surface area (Å²) in [6.45, 7) is 2.35. The Kier molecular flexibility index (Phi) is 4.62. The van der Waals surface area contributed by atoms with Crippen LogP contribution in [0.3, 0.4) is 0 Å². The van der Waals surface area contributed by atoms with E-state index < -0.39 is 0 Å². The van der Waals surface area contributed by atoms with Gasteiger partial charge in [-0.2, -0.15) is 0 Å². The number of carbonyl (C=O) groups is 2. The van der Waals surface area contributed by atoms with E-state index in [-0.39, 0.29) is 18.4 Å². The number of anilines is 1. The number of aromatic nitrogens is 2. The molecule has 138 valence electrons. The first kappa shape index (κ1) is 17.3. The number of para-hydroxylation sites is 1. The number of hydrogen-bond donors (Lipinski definition) is 2. The molecule has 0 spiro atoms. The number of imidazole rings is 1. The Morgan fingerprint density at radius 2 is 2.07 bits per heavy atom. The second-order valence-electron chi connectivity index (χ2n) is 6.94. The normalized spacial score (nSPS) is 14.1. The molecule has 0 saturated carbocycles. The lowest BCUT2D eigenvalue weighted by Gasteiger charge is -2.22. The Morgan fingerprint density at radius 1 is 1.22 bits per heavy atom. The molecule has 2 heterocycles. The van der Waals surface area contributed by atoms with Crippen LogP contribution in [0.4, 0.5) is 5.69 Å². The van der Waals surface area contributed by atoms with Crippen LogP contribution < -0.4 is 10.2 Å². The van der Waals surface area contributed by atoms with Gasteiger partial charge in [0.05, 0.1) is 17.6 Å². The third kappa shape index (κ3) is 3.69. The molecule has 2 N–H and O–H groups in total. The van der Waals surface area contributed by atoms with Crippen molar-refractivity contribution in [2.75, 3.05) is 11.4 Å². The molecule has 2 aromatic carbocycles. The average Bonchev–Trinajstić information content (AvgIpc) is 2.99. The Balaban J connectivity index is 1.44. The molecular weight excluding hydrogens is 340 g/mol. The van der Waals surface area contributed by atoms with Crippen molar-refractivity contribution >= 4 is 28.5 Å². The van der Waals surface area contributed by atoms with Crippen LogP contribution in [0, 0.1) is 6.92 Å². The Hall–Kier alpha value is -3.15. The van der Waals surface area contributed by atoms with Gasteiger partial charge in [0.2, 0.25) is 11.8 Å². The van der Waals surface area contributed by atoms with Gasteiger partial charge in [-0.15, -0.1) is 0 Å². The van der Waals surface area contributed by atoms with Crippen molar-refractivity contribution in [3.8, 4) is 0 Å². The molecule has 0 fully saturated rings. The summed E-state index contributed by atoms with van der Waals surface area (Å²) in [5.41, 5.74) is 4.94. The standard InChI is InChI=1S/C21H22N4O2/c1-14-9-10-16-17(11-14)24-19(23-16)12-22-20(26)13-25-18-7-3-2-5-15(18)6-4-8-21(25)27/h2-3,5,7,9-11H,4,6,8,12-13H2,1H3,(H,22,26)(H,23,24). The highest BCUT2D eigenvalue weighted by atomic mass is 16.2. The van der Waals surface area contributed by atoms with Gasteiger partial charge >= 0.3 is 0 Å². The molecule has 1 aliphatic rings. The molecule has 1 aromatic heterocycles. The first-order valence-electron chi connectivity index (χ1n) is 9.20. The van der Waals surface area contributed by atoms with Gasteiger partial charge in [-0.1, -0.05) is 24.3 Å². The fourth-order valence-corrected chi connectivity index (χ4v) is 3.50. The Bertz CT molecular complexity index is 1010. The van der Waals surface area contributed by atoms with Crippen molar-refractivity contribution in [3.05, 3.63) is 59.4 Å². The quantitative estimate of drug-likeness (QED) is 0.749. The Morgan fingerprint density at radius 3 is 2.96 bits per heavy atom. The predicted octanol–water partition coefficient (Wildman–Crippen LogP) is 2.86. The van der Waals surface area contributed by atoms with Crippen LogP contribution in [0.15, 0.2) is 42.5 Å². The van der Waals surface area contributed by atoms with Gasteiger partial charge in [0.15, 0.2) is 0 Å². The maximum Gasteiger partial charge on any atom is 0.240 e. The largest absolute Gasteiger partial charge is 0.347 e. The van der Waals surface area contributed by atoms with E-state index >= 15 is 0 Å². The van der Waals surface area contributed by atoms with Crippen LogP contribution >= 0.6 is 0 Å². The predicted molar refractivity (Wildman–Crippen MR) is 104 cm³/mol. The molecule has 0 bridgehead atoms. The van der Waals surface area contributed by atoms with Crippen LogP contribution in [0.1, 0.15) is 29.8 Å². The van der Waals surface area contributed by atoms with Gasteiger partial charge in [-0.3, -0.25) is 9.59 Å². The fourth-order valence-electron chi connectivity index (χ4n) is 3.50. The van der Waals surface area contributed by atoms with E-state index in [0.717, 1.165) is 40.7 Å². The molecule has 0 atom stereocenters. The fraction of sp³-hybridized carbons (Fsp3) is 0.286. The number of benzene rings is 2. The van der Waals surface area contributed by atoms with Crippen molar-refractivity contribution in [1.82, 2.24) is 15.3 Å². The number of carbonyl (C=O) groups excluding carboxylic acids is 2. The summed E-state index contributed by atoms with van der Waals surface area (Å²) in [5.74, 6) is 0.498. The third-order valence-electron chi connectivity index (χ3n) is 4.86. The number of nitrogens with zero attached hydrogens (tertiary/aromatic N) is 2. The number of amides is 2. The minimum absolute atomic E-state index is 0.00527. The van der Waals surface area contributed by atoms with Gasteiger partial charge in [0.25, 0.3) is 0 Å². The highest BCUT2D eigenvalue weighted by Crippen LogP contribution is 2.26. The van der Waals surface area contributed by atoms with E-state index in [1.165, 1.54) is 0 Å². The average molecular weight is 362 g/mol. The molecule has 3 aromatic rings. The second kappa shape index (κ2) is 7.23. The molecule has 27 heavy (non-hydrogen) atoms. The molecule has 0 radical (unpaired) electrons. The number of rotatable bonds is 4. The maximum atomic E-state index is 12.5. The summed E-state index contributed by atoms with van der Waals surface area (Å²) >= 11 is 0. The third-order valence-corrected chi connectivity index (χ3v) is 4.86. The molecule has 6 nitrogen and oxygen atoms in total. The summed E-state index contributed by atoms with van der Waals surface area (Å²) in [4.78, 5) is 34.2. The highest BCUT2D eigenvalue weighted by Gasteiger charge is 2.23.